The number of pyridine rings is 2. The second-order valence-corrected chi connectivity index (χ2v) is 10.4. The Kier molecular flexibility index (Phi) is 5.02. The number of fused-ring (bicyclic) bond motifs is 1. The van der Waals surface area contributed by atoms with Gasteiger partial charge in [-0.15, -0.1) is 0 Å². The Hall–Kier alpha value is -3.13. The Balaban J connectivity index is 1.31. The highest BCUT2D eigenvalue weighted by atomic mass is 16.1. The van der Waals surface area contributed by atoms with Gasteiger partial charge in [0.25, 0.3) is 5.56 Å². The quantitative estimate of drug-likeness (QED) is 0.557. The summed E-state index contributed by atoms with van der Waals surface area (Å²) in [6.45, 7) is 5.55. The monoisotopic (exact) mass is 458 g/mol. The lowest BCUT2D eigenvalue weighted by Crippen LogP contribution is -2.59. The molecule has 0 amide bonds. The number of aryl methyl sites for hydroxylation is 1. The van der Waals surface area contributed by atoms with Gasteiger partial charge in [0, 0.05) is 36.9 Å². The predicted octanol–water partition coefficient (Wildman–Crippen LogP) is 4.02. The Morgan fingerprint density at radius 3 is 2.53 bits per heavy atom. The average Bonchev–Trinajstić information content (AvgIpc) is 3.27. The summed E-state index contributed by atoms with van der Waals surface area (Å²) in [5.74, 6) is 1.46. The van der Waals surface area contributed by atoms with Gasteiger partial charge in [-0.2, -0.15) is 4.98 Å². The van der Waals surface area contributed by atoms with Gasteiger partial charge in [0.2, 0.25) is 5.95 Å². The van der Waals surface area contributed by atoms with Gasteiger partial charge in [0.15, 0.2) is 5.78 Å². The summed E-state index contributed by atoms with van der Waals surface area (Å²) < 4.78 is 1.73. The van der Waals surface area contributed by atoms with Crippen LogP contribution < -0.4 is 16.2 Å². The van der Waals surface area contributed by atoms with Gasteiger partial charge in [-0.1, -0.05) is 18.9 Å². The molecule has 0 aromatic carbocycles. The smallest absolute Gasteiger partial charge is 0.263 e. The zero-order valence-electron chi connectivity index (χ0n) is 19.7. The fourth-order valence-electron chi connectivity index (χ4n) is 6.13. The Bertz CT molecular complexity index is 1330. The highest BCUT2D eigenvalue weighted by molar-refractivity contribution is 5.99. The van der Waals surface area contributed by atoms with Crippen LogP contribution >= 0.6 is 0 Å². The second-order valence-electron chi connectivity index (χ2n) is 10.4. The maximum atomic E-state index is 13.4. The van der Waals surface area contributed by atoms with Gasteiger partial charge in [0.05, 0.1) is 5.56 Å². The molecule has 1 aliphatic heterocycles. The summed E-state index contributed by atoms with van der Waals surface area (Å²) in [4.78, 5) is 39.5. The lowest BCUT2D eigenvalue weighted by atomic mass is 9.57. The van der Waals surface area contributed by atoms with E-state index in [1.54, 1.807) is 17.7 Å². The minimum atomic E-state index is -0.239. The number of hydrogen-bond donors (Lipinski definition) is 2. The van der Waals surface area contributed by atoms with Crippen molar-refractivity contribution in [2.45, 2.75) is 64.3 Å². The molecule has 0 atom stereocenters. The van der Waals surface area contributed by atoms with Crippen LogP contribution in [0.3, 0.4) is 0 Å². The first-order chi connectivity index (χ1) is 16.4. The molecule has 4 heterocycles. The summed E-state index contributed by atoms with van der Waals surface area (Å²) in [7, 11) is 0. The van der Waals surface area contributed by atoms with Gasteiger partial charge >= 0.3 is 0 Å². The number of Topliss-reactive ketones (excluding diaryl/α,β-unsaturated/α-hetero) is 1. The molecule has 2 saturated carbocycles. The first-order valence-electron chi connectivity index (χ1n) is 12.3. The summed E-state index contributed by atoms with van der Waals surface area (Å²) in [6.07, 6.45) is 10.1. The van der Waals surface area contributed by atoms with E-state index in [1.807, 2.05) is 12.3 Å². The zero-order chi connectivity index (χ0) is 23.4. The molecule has 8 nitrogen and oxygen atoms in total. The third-order valence-corrected chi connectivity index (χ3v) is 8.11. The van der Waals surface area contributed by atoms with Crippen molar-refractivity contribution < 1.29 is 4.79 Å². The van der Waals surface area contributed by atoms with Crippen LogP contribution in [0.15, 0.2) is 29.3 Å². The fraction of sp³-hybridized carbons (Fsp3) is 0.500. The molecular formula is C26H30N6O2. The fourth-order valence-corrected chi connectivity index (χ4v) is 6.13. The maximum absolute atomic E-state index is 13.4. The van der Waals surface area contributed by atoms with E-state index in [9.17, 15) is 9.59 Å². The van der Waals surface area contributed by atoms with Crippen molar-refractivity contribution in [2.75, 3.05) is 18.4 Å². The summed E-state index contributed by atoms with van der Waals surface area (Å²) in [5, 5.41) is 7.34. The molecule has 3 aromatic heterocycles. The molecule has 34 heavy (non-hydrogen) atoms. The number of aromatic nitrogens is 4. The number of hydrogen-bond acceptors (Lipinski definition) is 7. The number of rotatable bonds is 5. The summed E-state index contributed by atoms with van der Waals surface area (Å²) >= 11 is 0. The normalized spacial score (nSPS) is 19.8. The molecule has 6 rings (SSSR count). The Morgan fingerprint density at radius 1 is 1.15 bits per heavy atom. The largest absolute Gasteiger partial charge is 0.316 e. The Morgan fingerprint density at radius 2 is 1.91 bits per heavy atom. The second kappa shape index (κ2) is 7.98. The molecular weight excluding hydrogens is 428 g/mol. The van der Waals surface area contributed by atoms with Crippen molar-refractivity contribution in [3.8, 4) is 0 Å². The van der Waals surface area contributed by atoms with Gasteiger partial charge < -0.3 is 10.6 Å². The number of carbonyl (C=O) groups excluding carboxylic acids is 1. The highest BCUT2D eigenvalue weighted by Crippen LogP contribution is 2.53. The molecule has 0 radical (unpaired) electrons. The van der Waals surface area contributed by atoms with Crippen molar-refractivity contribution in [1.82, 2.24) is 24.8 Å². The number of carbonyl (C=O) groups is 1. The first kappa shape index (κ1) is 21.4. The molecule has 0 unspecified atom stereocenters. The summed E-state index contributed by atoms with van der Waals surface area (Å²) in [6, 6.07) is 4.17. The van der Waals surface area contributed by atoms with Crippen LogP contribution in [0.25, 0.3) is 11.0 Å². The molecule has 176 valence electrons. The minimum Gasteiger partial charge on any atom is -0.316 e. The van der Waals surface area contributed by atoms with E-state index in [0.29, 0.717) is 34.3 Å². The van der Waals surface area contributed by atoms with E-state index < -0.39 is 0 Å². The van der Waals surface area contributed by atoms with E-state index in [4.69, 9.17) is 4.98 Å². The lowest BCUT2D eigenvalue weighted by Gasteiger charge is -2.54. The first-order valence-corrected chi connectivity index (χ1v) is 12.3. The molecule has 2 N–H and O–H groups in total. The number of nitrogens with zero attached hydrogens (tertiary/aromatic N) is 4. The lowest BCUT2D eigenvalue weighted by molar-refractivity contribution is 0.0362. The minimum absolute atomic E-state index is 0.0606. The maximum Gasteiger partial charge on any atom is 0.263 e. The van der Waals surface area contributed by atoms with E-state index in [1.165, 1.54) is 25.3 Å². The van der Waals surface area contributed by atoms with Crippen LogP contribution in [0.1, 0.15) is 78.9 Å². The van der Waals surface area contributed by atoms with Crippen LogP contribution in [0.2, 0.25) is 0 Å². The molecule has 3 fully saturated rings. The average molecular weight is 459 g/mol. The van der Waals surface area contributed by atoms with E-state index in [2.05, 4.69) is 26.7 Å². The number of nitrogens with one attached hydrogen (secondary N) is 2. The van der Waals surface area contributed by atoms with Gasteiger partial charge in [-0.3, -0.25) is 14.2 Å². The van der Waals surface area contributed by atoms with Crippen LogP contribution in [0.4, 0.5) is 11.8 Å². The van der Waals surface area contributed by atoms with Crippen molar-refractivity contribution >= 4 is 28.6 Å². The van der Waals surface area contributed by atoms with Gasteiger partial charge in [-0.25, -0.2) is 9.97 Å². The summed E-state index contributed by atoms with van der Waals surface area (Å²) in [5.41, 5.74) is 3.06. The van der Waals surface area contributed by atoms with Gasteiger partial charge in [-0.05, 0) is 68.1 Å². The SMILES string of the molecule is CC(=O)c1c(C)c2cnc(Nc3ccc(C4CC5(CNC5)C4)cn3)nc2n(C2CCCC2)c1=O. The molecule has 3 aliphatic rings. The third-order valence-electron chi connectivity index (χ3n) is 8.11. The van der Waals surface area contributed by atoms with Crippen molar-refractivity contribution in [2.24, 2.45) is 5.41 Å². The highest BCUT2D eigenvalue weighted by Gasteiger charge is 2.48. The van der Waals surface area contributed by atoms with Crippen molar-refractivity contribution in [1.29, 1.82) is 0 Å². The van der Waals surface area contributed by atoms with Crippen molar-refractivity contribution in [3.05, 3.63) is 51.6 Å². The van der Waals surface area contributed by atoms with Crippen LogP contribution in [-0.2, 0) is 0 Å². The number of anilines is 2. The number of ketones is 1. The third kappa shape index (κ3) is 3.43. The van der Waals surface area contributed by atoms with Crippen LogP contribution in [0.5, 0.6) is 0 Å². The molecule has 8 heteroatoms. The molecule has 3 aromatic rings. The molecule has 2 aliphatic carbocycles. The predicted molar refractivity (Wildman–Crippen MR) is 131 cm³/mol. The Labute approximate surface area is 198 Å². The van der Waals surface area contributed by atoms with Crippen LogP contribution in [0, 0.1) is 12.3 Å². The molecule has 1 saturated heterocycles. The van der Waals surface area contributed by atoms with Crippen LogP contribution in [-0.4, -0.2) is 38.4 Å². The van der Waals surface area contributed by atoms with E-state index in [-0.39, 0.29) is 22.9 Å². The van der Waals surface area contributed by atoms with E-state index in [0.717, 1.165) is 44.2 Å². The topological polar surface area (TPSA) is 102 Å². The zero-order valence-corrected chi connectivity index (χ0v) is 19.7. The molecule has 1 spiro atoms. The van der Waals surface area contributed by atoms with Gasteiger partial charge in [0.1, 0.15) is 11.5 Å². The van der Waals surface area contributed by atoms with Crippen molar-refractivity contribution in [3.63, 3.8) is 0 Å². The van der Waals surface area contributed by atoms with E-state index >= 15 is 0 Å². The standard InChI is InChI=1S/C26H30N6O2/c1-15-20-12-29-25(30-21-8-7-17(11-28-21)18-9-26(10-18)13-27-14-26)31-23(20)32(19-5-3-4-6-19)24(34)22(15)16(2)33/h7-8,11-12,18-19,27H,3-6,9-10,13-14H2,1-2H3,(H,28,29,30,31). The molecule has 0 bridgehead atoms.